The van der Waals surface area contributed by atoms with Crippen LogP contribution in [0.15, 0.2) is 30.6 Å². The third kappa shape index (κ3) is 2.90. The van der Waals surface area contributed by atoms with E-state index in [4.69, 9.17) is 0 Å². The Kier molecular flexibility index (Phi) is 4.12. The van der Waals surface area contributed by atoms with Gasteiger partial charge in [0.15, 0.2) is 0 Å². The average Bonchev–Trinajstić information content (AvgIpc) is 3.28. The van der Waals surface area contributed by atoms with E-state index in [2.05, 4.69) is 32.0 Å². The number of hydrogen-bond donors (Lipinski definition) is 0. The third-order valence-corrected chi connectivity index (χ3v) is 5.88. The molecule has 0 spiro atoms. The van der Waals surface area contributed by atoms with Gasteiger partial charge in [-0.1, -0.05) is 11.3 Å². The summed E-state index contributed by atoms with van der Waals surface area (Å²) in [4.78, 5) is 7.02. The molecule has 0 N–H and O–H groups in total. The molecule has 2 fully saturated rings. The number of nitrogens with zero attached hydrogens (tertiary/aromatic N) is 5. The molecule has 1 atom stereocenters. The predicted molar refractivity (Wildman–Crippen MR) is 88.8 cm³/mol. The van der Waals surface area contributed by atoms with E-state index >= 15 is 0 Å². The summed E-state index contributed by atoms with van der Waals surface area (Å²) >= 11 is 2.10. The molecular weight excluding hydrogens is 294 g/mol. The van der Waals surface area contributed by atoms with Crippen LogP contribution in [0.4, 0.5) is 0 Å². The van der Waals surface area contributed by atoms with Gasteiger partial charge in [0, 0.05) is 31.1 Å². The molecule has 2 aromatic rings. The highest BCUT2D eigenvalue weighted by atomic mass is 32.2. The van der Waals surface area contributed by atoms with Crippen molar-refractivity contribution in [2.24, 2.45) is 0 Å². The van der Waals surface area contributed by atoms with Gasteiger partial charge < -0.3 is 0 Å². The van der Waals surface area contributed by atoms with Gasteiger partial charge in [-0.15, -0.1) is 5.10 Å². The van der Waals surface area contributed by atoms with E-state index in [0.29, 0.717) is 6.04 Å². The summed E-state index contributed by atoms with van der Waals surface area (Å²) in [6, 6.07) is 7.18. The van der Waals surface area contributed by atoms with Crippen LogP contribution in [0.25, 0.3) is 11.4 Å². The molecule has 1 unspecified atom stereocenters. The van der Waals surface area contributed by atoms with Gasteiger partial charge in [-0.25, -0.2) is 4.68 Å². The minimum absolute atomic E-state index is 0.482. The smallest absolute Gasteiger partial charge is 0.131 e. The lowest BCUT2D eigenvalue weighted by Crippen LogP contribution is -2.42. The second kappa shape index (κ2) is 6.38. The lowest BCUT2D eigenvalue weighted by molar-refractivity contribution is 0.141. The third-order valence-electron chi connectivity index (χ3n) is 4.73. The summed E-state index contributed by atoms with van der Waals surface area (Å²) in [5, 5.41) is 8.63. The summed E-state index contributed by atoms with van der Waals surface area (Å²) in [5.74, 6) is 2.65. The molecule has 5 nitrogen and oxygen atoms in total. The zero-order valence-corrected chi connectivity index (χ0v) is 13.5. The molecule has 2 aliphatic heterocycles. The number of thioether (sulfide) groups is 1. The molecule has 2 aliphatic rings. The summed E-state index contributed by atoms with van der Waals surface area (Å²) in [5.41, 5.74) is 1.77. The highest BCUT2D eigenvalue weighted by Gasteiger charge is 2.28. The van der Waals surface area contributed by atoms with Crippen molar-refractivity contribution in [3.63, 3.8) is 0 Å². The zero-order valence-electron chi connectivity index (χ0n) is 12.6. The predicted octanol–water partition coefficient (Wildman–Crippen LogP) is 2.48. The van der Waals surface area contributed by atoms with E-state index in [1.807, 2.05) is 29.1 Å². The molecule has 0 bridgehead atoms. The fourth-order valence-electron chi connectivity index (χ4n) is 3.41. The number of likely N-dealkylation sites (tertiary alicyclic amines) is 1. The molecular formula is C16H21N5S. The largest absolute Gasteiger partial charge is 0.299 e. The molecule has 4 heterocycles. The van der Waals surface area contributed by atoms with Crippen LogP contribution in [0, 0.1) is 0 Å². The van der Waals surface area contributed by atoms with Crippen LogP contribution in [-0.2, 0) is 0 Å². The quantitative estimate of drug-likeness (QED) is 0.871. The van der Waals surface area contributed by atoms with Crippen LogP contribution in [0.1, 0.15) is 25.3 Å². The molecule has 6 heteroatoms. The maximum absolute atomic E-state index is 4.35. The van der Waals surface area contributed by atoms with E-state index in [1.165, 1.54) is 43.9 Å². The highest BCUT2D eigenvalue weighted by Crippen LogP contribution is 2.29. The normalized spacial score (nSPS) is 23.9. The first-order valence-electron chi connectivity index (χ1n) is 8.05. The van der Waals surface area contributed by atoms with Crippen LogP contribution >= 0.6 is 11.8 Å². The Hall–Kier alpha value is -1.40. The second-order valence-corrected chi connectivity index (χ2v) is 7.23. The SMILES string of the molecule is c1ccc(-c2cn(C3CCN(C4CCSC4)CC3)nn2)nc1. The molecule has 22 heavy (non-hydrogen) atoms. The van der Waals surface area contributed by atoms with Gasteiger partial charge in [0.25, 0.3) is 0 Å². The minimum Gasteiger partial charge on any atom is -0.299 e. The molecule has 0 aliphatic carbocycles. The fraction of sp³-hybridized carbons (Fsp3) is 0.562. The van der Waals surface area contributed by atoms with Crippen LogP contribution in [-0.4, -0.2) is 55.5 Å². The van der Waals surface area contributed by atoms with Crippen molar-refractivity contribution in [3.05, 3.63) is 30.6 Å². The zero-order chi connectivity index (χ0) is 14.8. The van der Waals surface area contributed by atoms with Crippen LogP contribution in [0.2, 0.25) is 0 Å². The van der Waals surface area contributed by atoms with E-state index < -0.39 is 0 Å². The van der Waals surface area contributed by atoms with Crippen LogP contribution in [0.5, 0.6) is 0 Å². The van der Waals surface area contributed by atoms with E-state index in [0.717, 1.165) is 17.4 Å². The number of piperidine rings is 1. The van der Waals surface area contributed by atoms with E-state index in [9.17, 15) is 0 Å². The number of hydrogen-bond acceptors (Lipinski definition) is 5. The number of rotatable bonds is 3. The van der Waals surface area contributed by atoms with Crippen LogP contribution in [0.3, 0.4) is 0 Å². The lowest BCUT2D eigenvalue weighted by atomic mass is 10.0. The van der Waals surface area contributed by atoms with Gasteiger partial charge in [0.2, 0.25) is 0 Å². The topological polar surface area (TPSA) is 46.8 Å². The number of pyridine rings is 1. The Morgan fingerprint density at radius 3 is 2.68 bits per heavy atom. The first kappa shape index (κ1) is 14.2. The van der Waals surface area contributed by atoms with Crippen molar-refractivity contribution in [1.82, 2.24) is 24.9 Å². The lowest BCUT2D eigenvalue weighted by Gasteiger charge is -2.35. The van der Waals surface area contributed by atoms with Crippen molar-refractivity contribution in [1.29, 1.82) is 0 Å². The second-order valence-electron chi connectivity index (χ2n) is 6.08. The molecule has 0 radical (unpaired) electrons. The molecule has 2 saturated heterocycles. The van der Waals surface area contributed by atoms with Crippen LogP contribution < -0.4 is 0 Å². The Balaban J connectivity index is 1.40. The summed E-state index contributed by atoms with van der Waals surface area (Å²) < 4.78 is 2.05. The molecule has 0 amide bonds. The summed E-state index contributed by atoms with van der Waals surface area (Å²) in [6.45, 7) is 2.38. The average molecular weight is 315 g/mol. The summed E-state index contributed by atoms with van der Waals surface area (Å²) in [7, 11) is 0. The minimum atomic E-state index is 0.482. The van der Waals surface area contributed by atoms with Gasteiger partial charge in [0.05, 0.1) is 17.9 Å². The monoisotopic (exact) mass is 315 g/mol. The van der Waals surface area contributed by atoms with Gasteiger partial charge in [-0.3, -0.25) is 9.88 Å². The molecule has 2 aromatic heterocycles. The Morgan fingerprint density at radius 2 is 1.95 bits per heavy atom. The Bertz CT molecular complexity index is 600. The fourth-order valence-corrected chi connectivity index (χ4v) is 4.67. The first-order valence-corrected chi connectivity index (χ1v) is 9.20. The Labute approximate surface area is 135 Å². The van der Waals surface area contributed by atoms with Crippen molar-refractivity contribution in [3.8, 4) is 11.4 Å². The van der Waals surface area contributed by atoms with Gasteiger partial charge in [0.1, 0.15) is 5.69 Å². The van der Waals surface area contributed by atoms with E-state index in [1.54, 1.807) is 6.20 Å². The van der Waals surface area contributed by atoms with Crippen molar-refractivity contribution in [2.75, 3.05) is 24.6 Å². The van der Waals surface area contributed by atoms with Gasteiger partial charge >= 0.3 is 0 Å². The Morgan fingerprint density at radius 1 is 1.05 bits per heavy atom. The standard InChI is InChI=1S/C16H21N5S/c1-2-7-17-15(3-1)16-11-21(19-18-16)13-4-8-20(9-5-13)14-6-10-22-12-14/h1-3,7,11,13-14H,4-6,8-10,12H2. The molecule has 0 saturated carbocycles. The van der Waals surface area contributed by atoms with Crippen molar-refractivity contribution in [2.45, 2.75) is 31.3 Å². The number of aromatic nitrogens is 4. The maximum atomic E-state index is 4.35. The first-order chi connectivity index (χ1) is 10.9. The van der Waals surface area contributed by atoms with Crippen molar-refractivity contribution >= 4 is 11.8 Å². The maximum Gasteiger partial charge on any atom is 0.131 e. The molecule has 0 aromatic carbocycles. The summed E-state index contributed by atoms with van der Waals surface area (Å²) in [6.07, 6.45) is 7.56. The molecule has 4 rings (SSSR count). The van der Waals surface area contributed by atoms with Gasteiger partial charge in [-0.05, 0) is 37.1 Å². The highest BCUT2D eigenvalue weighted by molar-refractivity contribution is 7.99. The van der Waals surface area contributed by atoms with E-state index in [-0.39, 0.29) is 0 Å². The molecule has 116 valence electrons. The van der Waals surface area contributed by atoms with Gasteiger partial charge in [-0.2, -0.15) is 11.8 Å². The van der Waals surface area contributed by atoms with Crippen molar-refractivity contribution < 1.29 is 0 Å².